The van der Waals surface area contributed by atoms with Crippen LogP contribution in [0.25, 0.3) is 0 Å². The number of halogens is 1. The first-order chi connectivity index (χ1) is 9.13. The molecule has 1 unspecified atom stereocenters. The molecule has 1 N–H and O–H groups in total. The minimum atomic E-state index is -0.663. The Morgan fingerprint density at radius 3 is 2.74 bits per heavy atom. The highest BCUT2D eigenvalue weighted by atomic mass is 79.9. The number of methoxy groups -OCH3 is 1. The SMILES string of the molecule is CCc1ccc(C(O)Cc2cc(Br)ccc2OC)o1. The van der Waals surface area contributed by atoms with Crippen LogP contribution in [0.1, 0.15) is 30.1 Å². The van der Waals surface area contributed by atoms with Crippen molar-refractivity contribution in [3.8, 4) is 5.75 Å². The van der Waals surface area contributed by atoms with Gasteiger partial charge in [-0.05, 0) is 35.9 Å². The zero-order valence-electron chi connectivity index (χ0n) is 11.0. The van der Waals surface area contributed by atoms with Crippen molar-refractivity contribution in [2.75, 3.05) is 7.11 Å². The summed E-state index contributed by atoms with van der Waals surface area (Å²) in [7, 11) is 1.63. The number of hydrogen-bond acceptors (Lipinski definition) is 3. The Morgan fingerprint density at radius 2 is 2.11 bits per heavy atom. The van der Waals surface area contributed by atoms with E-state index in [4.69, 9.17) is 9.15 Å². The Balaban J connectivity index is 2.18. The molecule has 0 saturated carbocycles. The Bertz CT molecular complexity index is 548. The van der Waals surface area contributed by atoms with E-state index in [2.05, 4.69) is 15.9 Å². The van der Waals surface area contributed by atoms with Crippen molar-refractivity contribution in [3.63, 3.8) is 0 Å². The van der Waals surface area contributed by atoms with Gasteiger partial charge >= 0.3 is 0 Å². The van der Waals surface area contributed by atoms with E-state index in [1.54, 1.807) is 7.11 Å². The second-order valence-corrected chi connectivity index (χ2v) is 5.25. The molecule has 4 heteroatoms. The zero-order valence-corrected chi connectivity index (χ0v) is 12.6. The van der Waals surface area contributed by atoms with Crippen LogP contribution in [0.2, 0.25) is 0 Å². The average Bonchev–Trinajstić information content (AvgIpc) is 2.88. The summed E-state index contributed by atoms with van der Waals surface area (Å²) in [4.78, 5) is 0. The average molecular weight is 325 g/mol. The molecule has 0 aliphatic carbocycles. The second-order valence-electron chi connectivity index (χ2n) is 4.33. The highest BCUT2D eigenvalue weighted by Crippen LogP contribution is 2.28. The number of hydrogen-bond donors (Lipinski definition) is 1. The molecule has 2 aromatic rings. The fraction of sp³-hybridized carbons (Fsp3) is 0.333. The number of aliphatic hydroxyl groups is 1. The van der Waals surface area contributed by atoms with Gasteiger partial charge in [0.2, 0.25) is 0 Å². The van der Waals surface area contributed by atoms with Crippen LogP contribution in [0.5, 0.6) is 5.75 Å². The molecule has 1 aromatic heterocycles. The molecule has 0 radical (unpaired) electrons. The Morgan fingerprint density at radius 1 is 1.32 bits per heavy atom. The van der Waals surface area contributed by atoms with Crippen LogP contribution in [0.3, 0.4) is 0 Å². The van der Waals surface area contributed by atoms with E-state index in [0.717, 1.165) is 28.0 Å². The number of furan rings is 1. The number of benzene rings is 1. The van der Waals surface area contributed by atoms with E-state index in [0.29, 0.717) is 12.2 Å². The van der Waals surface area contributed by atoms with E-state index in [9.17, 15) is 5.11 Å². The van der Waals surface area contributed by atoms with Gasteiger partial charge in [-0.2, -0.15) is 0 Å². The molecule has 0 amide bonds. The first-order valence-electron chi connectivity index (χ1n) is 6.23. The van der Waals surface area contributed by atoms with E-state index in [-0.39, 0.29) is 0 Å². The Kier molecular flexibility index (Phi) is 4.66. The smallest absolute Gasteiger partial charge is 0.133 e. The zero-order chi connectivity index (χ0) is 13.8. The first-order valence-corrected chi connectivity index (χ1v) is 7.02. The Labute approximate surface area is 121 Å². The van der Waals surface area contributed by atoms with Gasteiger partial charge in [0.15, 0.2) is 0 Å². The summed E-state index contributed by atoms with van der Waals surface area (Å²) in [5.74, 6) is 2.25. The molecule has 1 heterocycles. The maximum Gasteiger partial charge on any atom is 0.133 e. The predicted molar refractivity (Wildman–Crippen MR) is 77.4 cm³/mol. The lowest BCUT2D eigenvalue weighted by molar-refractivity contribution is 0.147. The highest BCUT2D eigenvalue weighted by molar-refractivity contribution is 9.10. The Hall–Kier alpha value is -1.26. The summed E-state index contributed by atoms with van der Waals surface area (Å²) >= 11 is 3.43. The fourth-order valence-electron chi connectivity index (χ4n) is 1.98. The standard InChI is InChI=1S/C15H17BrO3/c1-3-12-5-7-15(19-12)13(17)9-10-8-11(16)4-6-14(10)18-2/h4-8,13,17H,3,9H2,1-2H3. The predicted octanol–water partition coefficient (Wildman–Crippen LogP) is 3.89. The number of ether oxygens (including phenoxy) is 1. The normalized spacial score (nSPS) is 12.4. The molecular weight excluding hydrogens is 308 g/mol. The fourth-order valence-corrected chi connectivity index (χ4v) is 2.39. The lowest BCUT2D eigenvalue weighted by Crippen LogP contribution is -2.02. The minimum absolute atomic E-state index is 0.458. The van der Waals surface area contributed by atoms with Gasteiger partial charge in [0, 0.05) is 17.3 Å². The molecule has 0 fully saturated rings. The van der Waals surface area contributed by atoms with Crippen molar-refractivity contribution < 1.29 is 14.3 Å². The summed E-state index contributed by atoms with van der Waals surface area (Å²) in [6.45, 7) is 2.02. The molecule has 3 nitrogen and oxygen atoms in total. The maximum atomic E-state index is 10.2. The van der Waals surface area contributed by atoms with E-state index in [1.807, 2.05) is 37.3 Å². The van der Waals surface area contributed by atoms with Gasteiger partial charge in [-0.1, -0.05) is 22.9 Å². The summed E-state index contributed by atoms with van der Waals surface area (Å²) in [5, 5.41) is 10.2. The van der Waals surface area contributed by atoms with E-state index >= 15 is 0 Å². The van der Waals surface area contributed by atoms with Crippen molar-refractivity contribution in [2.24, 2.45) is 0 Å². The van der Waals surface area contributed by atoms with Gasteiger partial charge in [-0.15, -0.1) is 0 Å². The van der Waals surface area contributed by atoms with Gasteiger partial charge in [-0.25, -0.2) is 0 Å². The summed E-state index contributed by atoms with van der Waals surface area (Å²) in [6, 6.07) is 9.47. The number of aliphatic hydroxyl groups excluding tert-OH is 1. The third kappa shape index (κ3) is 3.39. The molecule has 0 spiro atoms. The molecule has 0 saturated heterocycles. The van der Waals surface area contributed by atoms with Crippen LogP contribution in [-0.4, -0.2) is 12.2 Å². The van der Waals surface area contributed by atoms with Crippen LogP contribution < -0.4 is 4.74 Å². The van der Waals surface area contributed by atoms with Crippen LogP contribution >= 0.6 is 15.9 Å². The van der Waals surface area contributed by atoms with Crippen LogP contribution in [0.15, 0.2) is 39.2 Å². The monoisotopic (exact) mass is 324 g/mol. The molecule has 0 aliphatic heterocycles. The third-order valence-corrected chi connectivity index (χ3v) is 3.51. The lowest BCUT2D eigenvalue weighted by atomic mass is 10.1. The largest absolute Gasteiger partial charge is 0.496 e. The maximum absolute atomic E-state index is 10.2. The molecule has 1 aromatic carbocycles. The molecule has 102 valence electrons. The molecule has 1 atom stereocenters. The van der Waals surface area contributed by atoms with Gasteiger partial charge in [0.25, 0.3) is 0 Å². The van der Waals surface area contributed by atoms with Crippen molar-refractivity contribution in [2.45, 2.75) is 25.9 Å². The molecular formula is C15H17BrO3. The molecule has 0 aliphatic rings. The topological polar surface area (TPSA) is 42.6 Å². The van der Waals surface area contributed by atoms with Crippen LogP contribution in [-0.2, 0) is 12.8 Å². The van der Waals surface area contributed by atoms with Gasteiger partial charge in [0.05, 0.1) is 7.11 Å². The van der Waals surface area contributed by atoms with Crippen molar-refractivity contribution in [3.05, 3.63) is 51.9 Å². The third-order valence-electron chi connectivity index (χ3n) is 3.02. The van der Waals surface area contributed by atoms with Gasteiger partial charge in [-0.3, -0.25) is 0 Å². The van der Waals surface area contributed by atoms with Crippen LogP contribution in [0, 0.1) is 0 Å². The quantitative estimate of drug-likeness (QED) is 0.907. The van der Waals surface area contributed by atoms with Crippen molar-refractivity contribution in [1.82, 2.24) is 0 Å². The van der Waals surface area contributed by atoms with Crippen LogP contribution in [0.4, 0.5) is 0 Å². The van der Waals surface area contributed by atoms with Crippen molar-refractivity contribution in [1.29, 1.82) is 0 Å². The molecule has 2 rings (SSSR count). The van der Waals surface area contributed by atoms with E-state index < -0.39 is 6.10 Å². The second kappa shape index (κ2) is 6.26. The summed E-state index contributed by atoms with van der Waals surface area (Å²) < 4.78 is 11.8. The number of aryl methyl sites for hydroxylation is 1. The van der Waals surface area contributed by atoms with Gasteiger partial charge in [0.1, 0.15) is 23.4 Å². The molecule has 0 bridgehead atoms. The highest BCUT2D eigenvalue weighted by Gasteiger charge is 2.15. The lowest BCUT2D eigenvalue weighted by Gasteiger charge is -2.12. The van der Waals surface area contributed by atoms with Crippen molar-refractivity contribution >= 4 is 15.9 Å². The van der Waals surface area contributed by atoms with E-state index in [1.165, 1.54) is 0 Å². The summed E-state index contributed by atoms with van der Waals surface area (Å²) in [6.07, 6.45) is 0.621. The van der Waals surface area contributed by atoms with Gasteiger partial charge < -0.3 is 14.3 Å². The first kappa shape index (κ1) is 14.2. The summed E-state index contributed by atoms with van der Waals surface area (Å²) in [5.41, 5.74) is 0.943. The molecule has 19 heavy (non-hydrogen) atoms. The minimum Gasteiger partial charge on any atom is -0.496 e. The number of rotatable bonds is 5.